The Hall–Kier alpha value is -3.39. The van der Waals surface area contributed by atoms with Crippen molar-refractivity contribution in [2.75, 3.05) is 20.2 Å². The second-order valence-corrected chi connectivity index (χ2v) is 9.72. The van der Waals surface area contributed by atoms with E-state index < -0.39 is 0 Å². The smallest absolute Gasteiger partial charge is 0.254 e. The summed E-state index contributed by atoms with van der Waals surface area (Å²) in [6.45, 7) is 1.32. The van der Waals surface area contributed by atoms with Crippen molar-refractivity contribution >= 4 is 22.5 Å². The van der Waals surface area contributed by atoms with E-state index in [1.54, 1.807) is 7.11 Å². The number of nitrogens with zero attached hydrogens (tertiary/aromatic N) is 5. The molecule has 3 aromatic heterocycles. The molecule has 0 spiro atoms. The highest BCUT2D eigenvalue weighted by Crippen LogP contribution is 2.39. The monoisotopic (exact) mass is 458 g/mol. The van der Waals surface area contributed by atoms with E-state index in [2.05, 4.69) is 20.0 Å². The SMILES string of the molecule is COc1cc(C(=O)N2CCC[C@@H](N)C2)cc2nc(-c3cc4ccncn4c3CC3CC3)n(C)c12. The molecule has 6 rings (SSSR count). The Balaban J connectivity index is 1.47. The Morgan fingerprint density at radius 2 is 2.09 bits per heavy atom. The lowest BCUT2D eigenvalue weighted by atomic mass is 10.0. The van der Waals surface area contributed by atoms with Gasteiger partial charge in [0.15, 0.2) is 0 Å². The number of ether oxygens (including phenoxy) is 1. The normalized spacial score (nSPS) is 18.7. The standard InChI is InChI=1S/C26H30N6O2/c1-30-24-21(11-17(12-23(24)34-2)26(33)31-9-3-4-18(27)14-31)29-25(30)20-13-19-7-8-28-15-32(19)22(20)10-16-5-6-16/h7-8,11-13,15-16,18H,3-6,9-10,14,27H2,1-2H3/t18-/m1/s1. The molecule has 1 aromatic carbocycles. The molecule has 2 N–H and O–H groups in total. The van der Waals surface area contributed by atoms with E-state index in [1.165, 1.54) is 18.5 Å². The highest BCUT2D eigenvalue weighted by molar-refractivity contribution is 6.00. The summed E-state index contributed by atoms with van der Waals surface area (Å²) < 4.78 is 10.0. The van der Waals surface area contributed by atoms with E-state index in [0.717, 1.165) is 59.7 Å². The first kappa shape index (κ1) is 21.2. The Morgan fingerprint density at radius 3 is 2.85 bits per heavy atom. The number of nitrogens with two attached hydrogens (primary N) is 1. The van der Waals surface area contributed by atoms with Crippen LogP contribution in [0.2, 0.25) is 0 Å². The van der Waals surface area contributed by atoms with Crippen LogP contribution in [0.3, 0.4) is 0 Å². The fourth-order valence-corrected chi connectivity index (χ4v) is 5.28. The zero-order chi connectivity index (χ0) is 23.4. The van der Waals surface area contributed by atoms with Crippen LogP contribution in [0, 0.1) is 5.92 Å². The number of carbonyl (C=O) groups is 1. The summed E-state index contributed by atoms with van der Waals surface area (Å²) in [5, 5.41) is 0. The minimum Gasteiger partial charge on any atom is -0.494 e. The van der Waals surface area contributed by atoms with Gasteiger partial charge in [-0.05, 0) is 62.3 Å². The molecule has 1 aliphatic carbocycles. The van der Waals surface area contributed by atoms with Gasteiger partial charge < -0.3 is 24.3 Å². The number of piperidine rings is 1. The minimum atomic E-state index is -0.0161. The van der Waals surface area contributed by atoms with E-state index in [0.29, 0.717) is 17.9 Å². The molecule has 0 radical (unpaired) electrons. The van der Waals surface area contributed by atoms with Crippen LogP contribution in [-0.2, 0) is 13.5 Å². The van der Waals surface area contributed by atoms with Crippen LogP contribution in [0.4, 0.5) is 0 Å². The summed E-state index contributed by atoms with van der Waals surface area (Å²) >= 11 is 0. The van der Waals surface area contributed by atoms with Crippen LogP contribution in [-0.4, -0.2) is 56.0 Å². The Morgan fingerprint density at radius 1 is 1.24 bits per heavy atom. The molecule has 4 heterocycles. The zero-order valence-electron chi connectivity index (χ0n) is 19.7. The van der Waals surface area contributed by atoms with Crippen molar-refractivity contribution in [2.45, 2.75) is 38.1 Å². The van der Waals surface area contributed by atoms with Crippen LogP contribution >= 0.6 is 0 Å². The number of hydrogen-bond donors (Lipinski definition) is 1. The predicted molar refractivity (Wildman–Crippen MR) is 131 cm³/mol. The maximum Gasteiger partial charge on any atom is 0.254 e. The maximum atomic E-state index is 13.3. The summed E-state index contributed by atoms with van der Waals surface area (Å²) in [6.07, 6.45) is 9.15. The largest absolute Gasteiger partial charge is 0.494 e. The number of rotatable bonds is 5. The van der Waals surface area contributed by atoms with Crippen LogP contribution in [0.25, 0.3) is 27.9 Å². The highest BCUT2D eigenvalue weighted by atomic mass is 16.5. The lowest BCUT2D eigenvalue weighted by Crippen LogP contribution is -2.45. The molecule has 8 heteroatoms. The quantitative estimate of drug-likeness (QED) is 0.495. The molecule has 1 saturated heterocycles. The number of fused-ring (bicyclic) bond motifs is 2. The molecule has 176 valence electrons. The van der Waals surface area contributed by atoms with Crippen LogP contribution < -0.4 is 10.5 Å². The molecule has 34 heavy (non-hydrogen) atoms. The van der Waals surface area contributed by atoms with Gasteiger partial charge in [0.25, 0.3) is 5.91 Å². The lowest BCUT2D eigenvalue weighted by Gasteiger charge is -2.30. The van der Waals surface area contributed by atoms with E-state index in [1.807, 2.05) is 42.7 Å². The fraction of sp³-hybridized carbons (Fsp3) is 0.423. The van der Waals surface area contributed by atoms with E-state index in [-0.39, 0.29) is 11.9 Å². The molecule has 4 aromatic rings. The average Bonchev–Trinajstić information content (AvgIpc) is 3.52. The molecular weight excluding hydrogens is 428 g/mol. The number of aromatic nitrogens is 4. The molecule has 8 nitrogen and oxygen atoms in total. The molecule has 1 amide bonds. The van der Waals surface area contributed by atoms with Crippen molar-refractivity contribution in [2.24, 2.45) is 18.7 Å². The summed E-state index contributed by atoms with van der Waals surface area (Å²) in [6, 6.07) is 7.98. The first-order chi connectivity index (χ1) is 16.5. The van der Waals surface area contributed by atoms with Gasteiger partial charge in [-0.1, -0.05) is 0 Å². The molecule has 1 saturated carbocycles. The Kier molecular flexibility index (Phi) is 5.06. The van der Waals surface area contributed by atoms with E-state index in [9.17, 15) is 4.79 Å². The van der Waals surface area contributed by atoms with E-state index >= 15 is 0 Å². The topological polar surface area (TPSA) is 90.7 Å². The maximum absolute atomic E-state index is 13.3. The van der Waals surface area contributed by atoms with Crippen molar-refractivity contribution in [3.8, 4) is 17.1 Å². The molecule has 0 unspecified atom stereocenters. The van der Waals surface area contributed by atoms with Gasteiger partial charge in [0, 0.05) is 54.7 Å². The number of likely N-dealkylation sites (tertiary alicyclic amines) is 1. The molecule has 2 fully saturated rings. The highest BCUT2D eigenvalue weighted by Gasteiger charge is 2.28. The summed E-state index contributed by atoms with van der Waals surface area (Å²) in [5.41, 5.74) is 11.8. The van der Waals surface area contributed by atoms with Crippen molar-refractivity contribution < 1.29 is 9.53 Å². The predicted octanol–water partition coefficient (Wildman–Crippen LogP) is 3.41. The number of methoxy groups -OCH3 is 1. The molecule has 1 aliphatic heterocycles. The summed E-state index contributed by atoms with van der Waals surface area (Å²) in [5.74, 6) is 2.23. The third-order valence-corrected chi connectivity index (χ3v) is 7.25. The van der Waals surface area contributed by atoms with Gasteiger partial charge in [-0.3, -0.25) is 4.79 Å². The molecule has 1 atom stereocenters. The van der Waals surface area contributed by atoms with Crippen molar-refractivity contribution in [1.82, 2.24) is 23.8 Å². The lowest BCUT2D eigenvalue weighted by molar-refractivity contribution is 0.0708. The van der Waals surface area contributed by atoms with Gasteiger partial charge in [-0.15, -0.1) is 0 Å². The van der Waals surface area contributed by atoms with Crippen LogP contribution in [0.5, 0.6) is 5.75 Å². The summed E-state index contributed by atoms with van der Waals surface area (Å²) in [4.78, 5) is 24.5. The number of amides is 1. The number of benzene rings is 1. The second kappa shape index (κ2) is 8.13. The van der Waals surface area contributed by atoms with Gasteiger partial charge in [0.05, 0.1) is 19.0 Å². The molecule has 2 aliphatic rings. The average molecular weight is 459 g/mol. The van der Waals surface area contributed by atoms with Crippen molar-refractivity contribution in [3.05, 3.63) is 48.0 Å². The third kappa shape index (κ3) is 3.53. The Bertz CT molecular complexity index is 1400. The molecule has 0 bridgehead atoms. The minimum absolute atomic E-state index is 0.0161. The second-order valence-electron chi connectivity index (χ2n) is 9.72. The zero-order valence-corrected chi connectivity index (χ0v) is 19.7. The van der Waals surface area contributed by atoms with Gasteiger partial charge in [0.1, 0.15) is 17.1 Å². The number of aryl methyl sites for hydroxylation is 1. The first-order valence-electron chi connectivity index (χ1n) is 12.1. The van der Waals surface area contributed by atoms with E-state index in [4.69, 9.17) is 15.5 Å². The number of imidazole rings is 1. The van der Waals surface area contributed by atoms with Crippen molar-refractivity contribution in [1.29, 1.82) is 0 Å². The summed E-state index contributed by atoms with van der Waals surface area (Å²) in [7, 11) is 3.66. The number of hydrogen-bond acceptors (Lipinski definition) is 5. The first-order valence-corrected chi connectivity index (χ1v) is 12.1. The van der Waals surface area contributed by atoms with Crippen LogP contribution in [0.1, 0.15) is 41.7 Å². The van der Waals surface area contributed by atoms with Gasteiger partial charge >= 0.3 is 0 Å². The molecular formula is C26H30N6O2. The van der Waals surface area contributed by atoms with Crippen molar-refractivity contribution in [3.63, 3.8) is 0 Å². The van der Waals surface area contributed by atoms with Gasteiger partial charge in [0.2, 0.25) is 0 Å². The third-order valence-electron chi connectivity index (χ3n) is 7.25. The van der Waals surface area contributed by atoms with Gasteiger partial charge in [-0.2, -0.15) is 0 Å². The number of carbonyl (C=O) groups excluding carboxylic acids is 1. The fourth-order valence-electron chi connectivity index (χ4n) is 5.28. The Labute approximate surface area is 198 Å². The van der Waals surface area contributed by atoms with Gasteiger partial charge in [-0.25, -0.2) is 9.97 Å². The van der Waals surface area contributed by atoms with Crippen LogP contribution in [0.15, 0.2) is 36.8 Å².